The lowest BCUT2D eigenvalue weighted by molar-refractivity contribution is 0.566. The maximum Gasteiger partial charge on any atom is 0.213 e. The lowest BCUT2D eigenvalue weighted by Crippen LogP contribution is -2.31. The molecule has 0 fully saturated rings. The van der Waals surface area contributed by atoms with Crippen LogP contribution in [0, 0.1) is 0 Å². The molecule has 128 valence electrons. The molecule has 0 aliphatic rings. The van der Waals surface area contributed by atoms with Crippen molar-refractivity contribution in [2.75, 3.05) is 18.4 Å². The highest BCUT2D eigenvalue weighted by molar-refractivity contribution is 7.90. The molecule has 0 radical (unpaired) electrons. The second-order valence-electron chi connectivity index (χ2n) is 5.62. The summed E-state index contributed by atoms with van der Waals surface area (Å²) in [6, 6.07) is 5.60. The third kappa shape index (κ3) is 5.40. The van der Waals surface area contributed by atoms with Crippen molar-refractivity contribution in [3.8, 4) is 11.5 Å². The molecule has 0 aliphatic heterocycles. The minimum Gasteiger partial charge on any atom is -0.463 e. The van der Waals surface area contributed by atoms with Gasteiger partial charge in [0.2, 0.25) is 10.0 Å². The quantitative estimate of drug-likeness (QED) is 0.577. The molecular weight excluding hydrogens is 316 g/mol. The fraction of sp³-hybridized carbons (Fsp3) is 0.533. The van der Waals surface area contributed by atoms with Gasteiger partial charge in [-0.15, -0.1) is 0 Å². The van der Waals surface area contributed by atoms with Gasteiger partial charge in [-0.25, -0.2) is 13.1 Å². The minimum atomic E-state index is -3.14. The van der Waals surface area contributed by atoms with Gasteiger partial charge in [-0.05, 0) is 38.8 Å². The number of nitrogens with zero attached hydrogens (tertiary/aromatic N) is 1. The Hall–Kier alpha value is -1.80. The number of H-pyrrole nitrogens is 1. The third-order valence-electron chi connectivity index (χ3n) is 3.45. The Morgan fingerprint density at radius 2 is 2.04 bits per heavy atom. The summed E-state index contributed by atoms with van der Waals surface area (Å²) in [5, 5.41) is 9.93. The molecule has 2 rings (SSSR count). The molecule has 7 nitrogen and oxygen atoms in total. The van der Waals surface area contributed by atoms with E-state index < -0.39 is 10.0 Å². The number of aromatic amines is 1. The number of rotatable bonds is 10. The number of unbranched alkanes of at least 4 members (excludes halogenated alkanes) is 2. The first-order valence-electron chi connectivity index (χ1n) is 7.80. The van der Waals surface area contributed by atoms with E-state index in [2.05, 4.69) is 20.2 Å². The van der Waals surface area contributed by atoms with Crippen molar-refractivity contribution >= 4 is 15.8 Å². The van der Waals surface area contributed by atoms with Crippen molar-refractivity contribution in [3.63, 3.8) is 0 Å². The normalized spacial score (nSPS) is 12.0. The van der Waals surface area contributed by atoms with Crippen LogP contribution in [0.2, 0.25) is 0 Å². The lowest BCUT2D eigenvalue weighted by Gasteiger charge is -2.09. The van der Waals surface area contributed by atoms with Crippen molar-refractivity contribution in [2.24, 2.45) is 0 Å². The molecule has 23 heavy (non-hydrogen) atoms. The van der Waals surface area contributed by atoms with Crippen LogP contribution in [-0.4, -0.2) is 37.0 Å². The summed E-state index contributed by atoms with van der Waals surface area (Å²) >= 11 is 0. The molecule has 0 saturated heterocycles. The van der Waals surface area contributed by atoms with Crippen LogP contribution in [0.15, 0.2) is 28.9 Å². The van der Waals surface area contributed by atoms with E-state index >= 15 is 0 Å². The lowest BCUT2D eigenvalue weighted by atomic mass is 10.2. The van der Waals surface area contributed by atoms with Crippen LogP contribution in [0.4, 0.5) is 5.82 Å². The van der Waals surface area contributed by atoms with E-state index in [1.165, 1.54) is 0 Å². The van der Waals surface area contributed by atoms with Crippen molar-refractivity contribution in [1.82, 2.24) is 14.9 Å². The maximum absolute atomic E-state index is 11.6. The summed E-state index contributed by atoms with van der Waals surface area (Å²) in [7, 11) is -3.14. The Morgan fingerprint density at radius 3 is 2.74 bits per heavy atom. The van der Waals surface area contributed by atoms with E-state index in [1.54, 1.807) is 20.1 Å². The monoisotopic (exact) mass is 340 g/mol. The third-order valence-corrected chi connectivity index (χ3v) is 5.30. The highest BCUT2D eigenvalue weighted by atomic mass is 32.2. The minimum absolute atomic E-state index is 0.382. The molecule has 0 atom stereocenters. The largest absolute Gasteiger partial charge is 0.463 e. The molecule has 0 bridgehead atoms. The summed E-state index contributed by atoms with van der Waals surface area (Å²) < 4.78 is 31.0. The second-order valence-corrected chi connectivity index (χ2v) is 7.94. The number of hydrogen-bond donors (Lipinski definition) is 3. The average Bonchev–Trinajstić information content (AvgIpc) is 3.17. The van der Waals surface area contributed by atoms with Crippen LogP contribution in [0.1, 0.15) is 33.1 Å². The van der Waals surface area contributed by atoms with Crippen LogP contribution >= 0.6 is 0 Å². The predicted octanol–water partition coefficient (Wildman–Crippen LogP) is 2.58. The fourth-order valence-corrected chi connectivity index (χ4v) is 2.76. The van der Waals surface area contributed by atoms with E-state index in [4.69, 9.17) is 4.42 Å². The Kier molecular flexibility index (Phi) is 6.23. The van der Waals surface area contributed by atoms with E-state index in [1.807, 2.05) is 18.2 Å². The number of aromatic nitrogens is 2. The topological polar surface area (TPSA) is 100 Å². The number of furan rings is 1. The Labute approximate surface area is 136 Å². The van der Waals surface area contributed by atoms with Gasteiger partial charge in [-0.1, -0.05) is 6.42 Å². The second kappa shape index (κ2) is 8.16. The summed E-state index contributed by atoms with van der Waals surface area (Å²) in [4.78, 5) is 0. The van der Waals surface area contributed by atoms with Gasteiger partial charge in [0, 0.05) is 19.2 Å². The zero-order valence-corrected chi connectivity index (χ0v) is 14.3. The first-order chi connectivity index (χ1) is 11.0. The molecule has 0 saturated carbocycles. The van der Waals surface area contributed by atoms with Gasteiger partial charge in [-0.3, -0.25) is 5.10 Å². The smallest absolute Gasteiger partial charge is 0.213 e. The summed E-state index contributed by atoms with van der Waals surface area (Å²) in [5.74, 6) is 1.53. The maximum atomic E-state index is 11.6. The van der Waals surface area contributed by atoms with Crippen LogP contribution in [0.25, 0.3) is 11.5 Å². The van der Waals surface area contributed by atoms with Gasteiger partial charge in [0.1, 0.15) is 11.5 Å². The van der Waals surface area contributed by atoms with E-state index in [0.29, 0.717) is 6.54 Å². The Bertz CT molecular complexity index is 677. The van der Waals surface area contributed by atoms with Gasteiger partial charge in [-0.2, -0.15) is 5.10 Å². The molecule has 0 spiro atoms. The highest BCUT2D eigenvalue weighted by Crippen LogP contribution is 2.19. The highest BCUT2D eigenvalue weighted by Gasteiger charge is 2.13. The number of nitrogens with one attached hydrogen (secondary N) is 3. The van der Waals surface area contributed by atoms with Gasteiger partial charge in [0.05, 0.1) is 11.5 Å². The van der Waals surface area contributed by atoms with Gasteiger partial charge >= 0.3 is 0 Å². The van der Waals surface area contributed by atoms with Crippen LogP contribution in [-0.2, 0) is 10.0 Å². The standard InChI is InChI=1S/C15H24N4O3S/c1-12(2)23(20,21)17-9-5-3-4-8-16-15-11-13(18-19-15)14-7-6-10-22-14/h6-7,10-12,17H,3-5,8-9H2,1-2H3,(H2,16,18,19). The molecule has 2 aromatic rings. The van der Waals surface area contributed by atoms with Crippen molar-refractivity contribution in [1.29, 1.82) is 0 Å². The average molecular weight is 340 g/mol. The first-order valence-corrected chi connectivity index (χ1v) is 9.35. The molecule has 2 aromatic heterocycles. The zero-order valence-electron chi connectivity index (χ0n) is 13.5. The van der Waals surface area contributed by atoms with Crippen LogP contribution in [0.3, 0.4) is 0 Å². The Morgan fingerprint density at radius 1 is 1.26 bits per heavy atom. The molecule has 2 heterocycles. The molecule has 0 amide bonds. The SMILES string of the molecule is CC(C)S(=O)(=O)NCCCCCNc1cc(-c2ccco2)[nH]n1. The first kappa shape index (κ1) is 17.6. The van der Waals surface area contributed by atoms with E-state index in [9.17, 15) is 8.42 Å². The molecular formula is C15H24N4O3S. The summed E-state index contributed by atoms with van der Waals surface area (Å²) in [6.07, 6.45) is 4.35. The number of hydrogen-bond acceptors (Lipinski definition) is 5. The molecule has 0 unspecified atom stereocenters. The van der Waals surface area contributed by atoms with Gasteiger partial charge < -0.3 is 9.73 Å². The van der Waals surface area contributed by atoms with Crippen molar-refractivity contribution in [2.45, 2.75) is 38.4 Å². The zero-order chi connectivity index (χ0) is 16.7. The van der Waals surface area contributed by atoms with Crippen LogP contribution in [0.5, 0.6) is 0 Å². The molecule has 0 aromatic carbocycles. The molecule has 8 heteroatoms. The van der Waals surface area contributed by atoms with E-state index in [-0.39, 0.29) is 5.25 Å². The van der Waals surface area contributed by atoms with E-state index in [0.717, 1.165) is 43.1 Å². The predicted molar refractivity (Wildman–Crippen MR) is 90.7 cm³/mol. The summed E-state index contributed by atoms with van der Waals surface area (Å²) in [5.41, 5.74) is 0.834. The van der Waals surface area contributed by atoms with Crippen molar-refractivity contribution < 1.29 is 12.8 Å². The Balaban J connectivity index is 1.59. The van der Waals surface area contributed by atoms with Crippen molar-refractivity contribution in [3.05, 3.63) is 24.5 Å². The number of anilines is 1. The summed E-state index contributed by atoms with van der Waals surface area (Å²) in [6.45, 7) is 4.63. The number of sulfonamides is 1. The van der Waals surface area contributed by atoms with Gasteiger partial charge in [0.15, 0.2) is 5.76 Å². The molecule has 0 aliphatic carbocycles. The fourth-order valence-electron chi connectivity index (χ4n) is 1.99. The van der Waals surface area contributed by atoms with Crippen LogP contribution < -0.4 is 10.0 Å². The molecule has 3 N–H and O–H groups in total. The van der Waals surface area contributed by atoms with Gasteiger partial charge in [0.25, 0.3) is 0 Å².